The Hall–Kier alpha value is -1.62. The molecule has 1 aromatic rings. The van der Waals surface area contributed by atoms with Crippen molar-refractivity contribution < 1.29 is 4.79 Å². The molecule has 0 radical (unpaired) electrons. The molecule has 1 heterocycles. The van der Waals surface area contributed by atoms with Gasteiger partial charge in [0.1, 0.15) is 0 Å². The van der Waals surface area contributed by atoms with Crippen molar-refractivity contribution in [1.29, 1.82) is 0 Å². The summed E-state index contributed by atoms with van der Waals surface area (Å²) in [4.78, 5) is 20.8. The summed E-state index contributed by atoms with van der Waals surface area (Å²) in [5.41, 5.74) is 1.49. The van der Waals surface area contributed by atoms with Gasteiger partial charge in [-0.25, -0.2) is 0 Å². The molecule has 1 unspecified atom stereocenters. The second-order valence-corrected chi connectivity index (χ2v) is 5.15. The molecule has 5 nitrogen and oxygen atoms in total. The zero-order valence-corrected chi connectivity index (χ0v) is 13.2. The maximum absolute atomic E-state index is 12.7. The molecule has 0 bridgehead atoms. The molecule has 0 fully saturated rings. The molecule has 0 aliphatic rings. The van der Waals surface area contributed by atoms with E-state index in [1.807, 2.05) is 32.8 Å². The van der Waals surface area contributed by atoms with Crippen LogP contribution in [0, 0.1) is 0 Å². The lowest BCUT2D eigenvalue weighted by molar-refractivity contribution is 0.0680. The number of amides is 1. The van der Waals surface area contributed by atoms with Crippen LogP contribution in [0.2, 0.25) is 0 Å². The molecule has 1 aromatic heterocycles. The summed E-state index contributed by atoms with van der Waals surface area (Å²) in [5, 5.41) is 3.20. The van der Waals surface area contributed by atoms with E-state index in [4.69, 9.17) is 0 Å². The predicted octanol–water partition coefficient (Wildman–Crippen LogP) is 1.93. The maximum atomic E-state index is 12.7. The second-order valence-electron chi connectivity index (χ2n) is 5.15. The van der Waals surface area contributed by atoms with Crippen molar-refractivity contribution in [3.05, 3.63) is 24.0 Å². The van der Waals surface area contributed by atoms with Gasteiger partial charge in [0.15, 0.2) is 0 Å². The van der Waals surface area contributed by atoms with Crippen molar-refractivity contribution >= 4 is 11.6 Å². The molecule has 0 saturated heterocycles. The highest BCUT2D eigenvalue weighted by molar-refractivity contribution is 5.99. The van der Waals surface area contributed by atoms with Gasteiger partial charge in [0.2, 0.25) is 0 Å². The Morgan fingerprint density at radius 1 is 1.40 bits per heavy atom. The Bertz CT molecular complexity index is 434. The van der Waals surface area contributed by atoms with Crippen molar-refractivity contribution in [3.63, 3.8) is 0 Å². The number of carbonyl (C=O) groups excluding carboxylic acids is 1. The van der Waals surface area contributed by atoms with E-state index in [9.17, 15) is 4.79 Å². The molecule has 0 spiro atoms. The Kier molecular flexibility index (Phi) is 6.45. The molecule has 20 heavy (non-hydrogen) atoms. The lowest BCUT2D eigenvalue weighted by atomic mass is 10.1. The third-order valence-corrected chi connectivity index (χ3v) is 3.18. The van der Waals surface area contributed by atoms with E-state index in [1.165, 1.54) is 0 Å². The highest BCUT2D eigenvalue weighted by atomic mass is 16.2. The normalized spacial score (nSPS) is 12.3. The van der Waals surface area contributed by atoms with Crippen LogP contribution in [0.25, 0.3) is 0 Å². The first-order valence-electron chi connectivity index (χ1n) is 7.14. The smallest absolute Gasteiger partial charge is 0.256 e. The summed E-state index contributed by atoms with van der Waals surface area (Å²) in [6, 6.07) is 1.95. The molecule has 5 heteroatoms. The predicted molar refractivity (Wildman–Crippen MR) is 83.1 cm³/mol. The maximum Gasteiger partial charge on any atom is 0.256 e. The lowest BCUT2D eigenvalue weighted by Gasteiger charge is -2.30. The monoisotopic (exact) mass is 278 g/mol. The summed E-state index contributed by atoms with van der Waals surface area (Å²) in [6.07, 6.45) is 3.37. The van der Waals surface area contributed by atoms with Gasteiger partial charge in [0.25, 0.3) is 5.91 Å². The summed E-state index contributed by atoms with van der Waals surface area (Å²) in [7, 11) is 4.04. The molecular formula is C15H26N4O. The number of likely N-dealkylation sites (N-methyl/N-ethyl adjacent to an activating group) is 2. The lowest BCUT2D eigenvalue weighted by Crippen LogP contribution is -2.43. The molecule has 0 aliphatic carbocycles. The van der Waals surface area contributed by atoms with Gasteiger partial charge in [-0.3, -0.25) is 9.78 Å². The molecule has 1 rings (SSSR count). The number of hydrogen-bond donors (Lipinski definition) is 1. The van der Waals surface area contributed by atoms with Crippen LogP contribution < -0.4 is 5.32 Å². The van der Waals surface area contributed by atoms with Gasteiger partial charge in [-0.2, -0.15) is 0 Å². The van der Waals surface area contributed by atoms with E-state index in [2.05, 4.69) is 22.1 Å². The Morgan fingerprint density at radius 3 is 2.65 bits per heavy atom. The van der Waals surface area contributed by atoms with Gasteiger partial charge >= 0.3 is 0 Å². The minimum Gasteiger partial charge on any atom is -0.383 e. The number of pyridine rings is 1. The number of nitrogens with zero attached hydrogens (tertiary/aromatic N) is 3. The third-order valence-electron chi connectivity index (χ3n) is 3.18. The van der Waals surface area contributed by atoms with Gasteiger partial charge in [0, 0.05) is 31.9 Å². The highest BCUT2D eigenvalue weighted by Crippen LogP contribution is 2.17. The summed E-state index contributed by atoms with van der Waals surface area (Å²) < 4.78 is 0. The van der Waals surface area contributed by atoms with Gasteiger partial charge in [-0.1, -0.05) is 0 Å². The zero-order valence-electron chi connectivity index (χ0n) is 13.2. The van der Waals surface area contributed by atoms with E-state index in [0.29, 0.717) is 12.1 Å². The first-order chi connectivity index (χ1) is 9.51. The average Bonchev–Trinajstić information content (AvgIpc) is 2.39. The SMILES string of the molecule is CCNc1cnccc1C(=O)N(CC)C(C)CN(C)C. The Morgan fingerprint density at radius 2 is 2.10 bits per heavy atom. The Labute approximate surface area is 122 Å². The first-order valence-corrected chi connectivity index (χ1v) is 7.14. The number of rotatable bonds is 7. The summed E-state index contributed by atoms with van der Waals surface area (Å²) in [5.74, 6) is 0.0557. The van der Waals surface area contributed by atoms with Crippen molar-refractivity contribution in [1.82, 2.24) is 14.8 Å². The van der Waals surface area contributed by atoms with Crippen LogP contribution in [0.5, 0.6) is 0 Å². The largest absolute Gasteiger partial charge is 0.383 e. The standard InChI is InChI=1S/C15H26N4O/c1-6-17-14-10-16-9-8-13(14)15(20)19(7-2)12(3)11-18(4)5/h8-10,12,17H,6-7,11H2,1-5H3. The number of anilines is 1. The fraction of sp³-hybridized carbons (Fsp3) is 0.600. The van der Waals surface area contributed by atoms with Crippen molar-refractivity contribution in [2.45, 2.75) is 26.8 Å². The molecule has 0 saturated carbocycles. The Balaban J connectivity index is 2.96. The van der Waals surface area contributed by atoms with Gasteiger partial charge in [0.05, 0.1) is 17.4 Å². The quantitative estimate of drug-likeness (QED) is 0.828. The fourth-order valence-corrected chi connectivity index (χ4v) is 2.35. The van der Waals surface area contributed by atoms with Crippen molar-refractivity contribution in [2.75, 3.05) is 39.0 Å². The zero-order chi connectivity index (χ0) is 15.1. The third kappa shape index (κ3) is 4.20. The number of aromatic nitrogens is 1. The minimum absolute atomic E-state index is 0.0557. The average molecular weight is 278 g/mol. The summed E-state index contributed by atoms with van der Waals surface area (Å²) in [6.45, 7) is 8.41. The van der Waals surface area contributed by atoms with E-state index in [-0.39, 0.29) is 11.9 Å². The number of carbonyl (C=O) groups is 1. The first kappa shape index (κ1) is 16.4. The fourth-order valence-electron chi connectivity index (χ4n) is 2.35. The molecule has 1 N–H and O–H groups in total. The minimum atomic E-state index is 0.0557. The van der Waals surface area contributed by atoms with Crippen LogP contribution in [0.3, 0.4) is 0 Å². The molecule has 0 aromatic carbocycles. The summed E-state index contributed by atoms with van der Waals surface area (Å²) >= 11 is 0. The van der Waals surface area contributed by atoms with Crippen LogP contribution in [-0.4, -0.2) is 60.5 Å². The van der Waals surface area contributed by atoms with Gasteiger partial charge in [-0.15, -0.1) is 0 Å². The topological polar surface area (TPSA) is 48.5 Å². The van der Waals surface area contributed by atoms with Crippen molar-refractivity contribution in [3.8, 4) is 0 Å². The molecule has 0 aliphatic heterocycles. The van der Waals surface area contributed by atoms with E-state index in [0.717, 1.165) is 18.8 Å². The van der Waals surface area contributed by atoms with Crippen LogP contribution in [0.4, 0.5) is 5.69 Å². The second kappa shape index (κ2) is 7.85. The van der Waals surface area contributed by atoms with Crippen LogP contribution in [-0.2, 0) is 0 Å². The molecule has 112 valence electrons. The molecule has 1 amide bonds. The van der Waals surface area contributed by atoms with Gasteiger partial charge < -0.3 is 15.1 Å². The van der Waals surface area contributed by atoms with Crippen molar-refractivity contribution in [2.24, 2.45) is 0 Å². The van der Waals surface area contributed by atoms with Gasteiger partial charge in [-0.05, 0) is 40.9 Å². The number of nitrogens with one attached hydrogen (secondary N) is 1. The molecule has 1 atom stereocenters. The van der Waals surface area contributed by atoms with E-state index >= 15 is 0 Å². The van der Waals surface area contributed by atoms with E-state index < -0.39 is 0 Å². The number of hydrogen-bond acceptors (Lipinski definition) is 4. The van der Waals surface area contributed by atoms with Crippen LogP contribution in [0.1, 0.15) is 31.1 Å². The highest BCUT2D eigenvalue weighted by Gasteiger charge is 2.22. The molecular weight excluding hydrogens is 252 g/mol. The van der Waals surface area contributed by atoms with Crippen LogP contribution >= 0.6 is 0 Å². The van der Waals surface area contributed by atoms with E-state index in [1.54, 1.807) is 18.5 Å². The van der Waals surface area contributed by atoms with Crippen LogP contribution in [0.15, 0.2) is 18.5 Å².